The average molecular weight is 1080 g/mol. The van der Waals surface area contributed by atoms with Crippen LogP contribution in [0.1, 0.15) is 75.4 Å². The fourth-order valence-corrected chi connectivity index (χ4v) is 12.2. The molecule has 29 heteroatoms. The highest BCUT2D eigenvalue weighted by Crippen LogP contribution is 2.45. The number of imidazole rings is 1. The lowest BCUT2D eigenvalue weighted by atomic mass is 9.82. The van der Waals surface area contributed by atoms with E-state index in [1.54, 1.807) is 32.3 Å². The predicted molar refractivity (Wildman–Crippen MR) is 268 cm³/mol. The highest BCUT2D eigenvalue weighted by Gasteiger charge is 2.59. The van der Waals surface area contributed by atoms with Crippen molar-refractivity contribution in [2.45, 2.75) is 182 Å². The molecule has 15 atom stereocenters. The Hall–Kier alpha value is -4.99. The molecule has 2 aromatic heterocycles. The molecule has 5 aliphatic rings. The van der Waals surface area contributed by atoms with Crippen LogP contribution in [0, 0.1) is 20.8 Å². The number of benzene rings is 1. The number of hydrogen-bond donors (Lipinski definition) is 13. The van der Waals surface area contributed by atoms with Crippen LogP contribution in [-0.2, 0) is 49.7 Å². The second kappa shape index (κ2) is 21.8. The van der Waals surface area contributed by atoms with Crippen LogP contribution in [0.5, 0.6) is 5.75 Å². The second-order valence-corrected chi connectivity index (χ2v) is 22.6. The monoisotopic (exact) mass is 1080 g/mol. The number of ether oxygens (including phenoxy) is 6. The van der Waals surface area contributed by atoms with Crippen LogP contribution in [0.15, 0.2) is 22.5 Å². The van der Waals surface area contributed by atoms with Gasteiger partial charge in [0.1, 0.15) is 59.8 Å². The van der Waals surface area contributed by atoms with E-state index >= 15 is 0 Å². The molecule has 0 spiro atoms. The van der Waals surface area contributed by atoms with Gasteiger partial charge in [0.05, 0.1) is 35.5 Å². The van der Waals surface area contributed by atoms with E-state index in [0.29, 0.717) is 40.0 Å². The van der Waals surface area contributed by atoms with Crippen molar-refractivity contribution < 1.29 is 61.7 Å². The third kappa shape index (κ3) is 11.4. The van der Waals surface area contributed by atoms with E-state index < -0.39 is 125 Å². The Morgan fingerprint density at radius 1 is 0.960 bits per heavy atom. The highest BCUT2D eigenvalue weighted by molar-refractivity contribution is 7.90. The maximum atomic E-state index is 14.4. The van der Waals surface area contributed by atoms with E-state index in [1.165, 1.54) is 12.7 Å². The number of nitrogens with one attached hydrogen (secondary N) is 4. The molecular weight excluding hydrogens is 1000 g/mol. The lowest BCUT2D eigenvalue weighted by Crippen LogP contribution is -2.70. The molecule has 2 amide bonds. The standard InChI is InChI=1S/C46H73N15O13S/c1-18-19(2)37(20(3)21-14-45(4,5)72-32(18)21)75(67,68)60-44(52)55-10-8-9-24(59-41(66)35-34-36(74-46(6,7)73-34)42(70-35)61-17-58-28-38(51)56-16-57-39(28)61)40(65)54-12-11-53-27-29(62)22(48)13-23(49)33(27)71-43-26(50)31(64)30(63)25(15-47)69-43/h16-17,22-27,29-31,33-36,42-43,53,62-64H,8-15,47-50H2,1-7H3,(H,54,65)(H,59,66)(H2,51,56,57)(H3,52,55,60)/t22-,23+,24+,25-,26-,27+,29+,30-,31-,33-,34-,35+,36-,42-,43-/m1/s1. The van der Waals surface area contributed by atoms with E-state index in [9.17, 15) is 33.3 Å². The summed E-state index contributed by atoms with van der Waals surface area (Å²) < 4.78 is 68.7. The molecular formula is C46H73N15O13S. The summed E-state index contributed by atoms with van der Waals surface area (Å²) in [6, 6.07) is -4.85. The molecule has 0 bridgehead atoms. The number of sulfonamides is 1. The molecule has 4 fully saturated rings. The average Bonchev–Trinajstić information content (AvgIpc) is 4.10. The number of fused-ring (bicyclic) bond motifs is 3. The van der Waals surface area contributed by atoms with Crippen LogP contribution in [0.4, 0.5) is 5.82 Å². The molecule has 3 saturated heterocycles. The Balaban J connectivity index is 0.964. The molecule has 416 valence electrons. The molecule has 0 unspecified atom stereocenters. The number of amides is 2. The number of hydrogen-bond acceptors (Lipinski definition) is 23. The fraction of sp³-hybridized carbons (Fsp3) is 0.696. The second-order valence-electron chi connectivity index (χ2n) is 21.0. The predicted octanol–water partition coefficient (Wildman–Crippen LogP) is -4.37. The Morgan fingerprint density at radius 2 is 1.68 bits per heavy atom. The molecule has 8 rings (SSSR count). The van der Waals surface area contributed by atoms with Gasteiger partial charge >= 0.3 is 0 Å². The van der Waals surface area contributed by atoms with Crippen molar-refractivity contribution in [3.63, 3.8) is 0 Å². The van der Waals surface area contributed by atoms with E-state index in [1.807, 2.05) is 20.8 Å². The first-order valence-electron chi connectivity index (χ1n) is 25.0. The lowest BCUT2D eigenvalue weighted by molar-refractivity contribution is -0.279. The number of carbonyl (C=O) groups is 2. The molecule has 1 saturated carbocycles. The number of aliphatic hydroxyl groups is 3. The van der Waals surface area contributed by atoms with Crippen molar-refractivity contribution in [3.8, 4) is 5.75 Å². The van der Waals surface area contributed by atoms with Gasteiger partial charge < -0.3 is 94.1 Å². The number of carbonyl (C=O) groups excluding carboxylic acids is 2. The SMILES string of the molecule is Cc1c(C)c(S(=O)(=O)NC(N)=NCCC[C@H](NC(=O)[C@H]2O[C@@H](n3cnc4c(N)ncnc43)[C@@H]3OC(C)(C)O[C@@H]32)C(=O)NCCN[C@H]2[C@@H](O)[C@H](N)C[C@H](N)[C@H]2O[C@H]2O[C@H](CN)[C@@H](O)[C@H](O)[C@H]2N)c(C)c2c1OC(C)(C)C2. The van der Waals surface area contributed by atoms with E-state index in [-0.39, 0.29) is 62.1 Å². The maximum Gasteiger partial charge on any atom is 0.264 e. The molecule has 19 N–H and O–H groups in total. The van der Waals surface area contributed by atoms with Crippen molar-refractivity contribution in [2.24, 2.45) is 33.7 Å². The third-order valence-corrected chi connectivity index (χ3v) is 16.1. The summed E-state index contributed by atoms with van der Waals surface area (Å²) in [6.45, 7) is 12.3. The minimum absolute atomic E-state index is 0.0189. The van der Waals surface area contributed by atoms with Crippen molar-refractivity contribution in [3.05, 3.63) is 34.9 Å². The van der Waals surface area contributed by atoms with Gasteiger partial charge in [-0.1, -0.05) is 0 Å². The molecule has 1 aliphatic carbocycles. The lowest BCUT2D eigenvalue weighted by Gasteiger charge is -2.47. The minimum atomic E-state index is -4.21. The highest BCUT2D eigenvalue weighted by atomic mass is 32.2. The first-order chi connectivity index (χ1) is 35.2. The number of rotatable bonds is 17. The zero-order valence-corrected chi connectivity index (χ0v) is 43.8. The molecule has 3 aromatic rings. The van der Waals surface area contributed by atoms with E-state index in [0.717, 1.165) is 5.56 Å². The number of aliphatic imine (C=N–C) groups is 1. The van der Waals surface area contributed by atoms with E-state index in [2.05, 4.69) is 40.6 Å². The zero-order valence-electron chi connectivity index (χ0n) is 43.0. The van der Waals surface area contributed by atoms with Crippen molar-refractivity contribution in [2.75, 3.05) is 31.9 Å². The molecule has 1 aromatic carbocycles. The van der Waals surface area contributed by atoms with Gasteiger partial charge in [-0.2, -0.15) is 0 Å². The van der Waals surface area contributed by atoms with Crippen LogP contribution in [0.2, 0.25) is 0 Å². The number of guanidine groups is 1. The zero-order chi connectivity index (χ0) is 54.6. The van der Waals surface area contributed by atoms with Gasteiger partial charge in [0, 0.05) is 50.2 Å². The number of aromatic nitrogens is 4. The van der Waals surface area contributed by atoms with Gasteiger partial charge in [0.25, 0.3) is 15.9 Å². The normalized spacial score (nSPS) is 32.6. The smallest absolute Gasteiger partial charge is 0.264 e. The Morgan fingerprint density at radius 3 is 2.40 bits per heavy atom. The third-order valence-electron chi connectivity index (χ3n) is 14.5. The van der Waals surface area contributed by atoms with Crippen molar-refractivity contribution in [1.82, 2.24) is 40.2 Å². The van der Waals surface area contributed by atoms with Crippen LogP contribution < -0.4 is 59.8 Å². The minimum Gasteiger partial charge on any atom is -0.487 e. The van der Waals surface area contributed by atoms with Crippen LogP contribution in [0.25, 0.3) is 11.2 Å². The molecule has 75 heavy (non-hydrogen) atoms. The summed E-state index contributed by atoms with van der Waals surface area (Å²) >= 11 is 0. The van der Waals surface area contributed by atoms with Gasteiger partial charge in [-0.3, -0.25) is 19.1 Å². The number of nitrogens with zero attached hydrogens (tertiary/aromatic N) is 5. The van der Waals surface area contributed by atoms with Gasteiger partial charge in [-0.15, -0.1) is 0 Å². The first kappa shape index (κ1) is 56.2. The quantitative estimate of drug-likeness (QED) is 0.0345. The Labute approximate surface area is 433 Å². The molecule has 0 radical (unpaired) electrons. The van der Waals surface area contributed by atoms with Gasteiger partial charge in [0.2, 0.25) is 11.9 Å². The summed E-state index contributed by atoms with van der Waals surface area (Å²) in [6.07, 6.45) is -7.78. The summed E-state index contributed by atoms with van der Waals surface area (Å²) in [5.41, 5.74) is 39.7. The number of nitrogen functional groups attached to an aromatic ring is 1. The summed E-state index contributed by atoms with van der Waals surface area (Å²) in [7, 11) is -4.21. The fourth-order valence-electron chi connectivity index (χ4n) is 10.7. The van der Waals surface area contributed by atoms with Gasteiger partial charge in [-0.05, 0) is 84.4 Å². The Kier molecular flexibility index (Phi) is 16.3. The van der Waals surface area contributed by atoms with Crippen molar-refractivity contribution >= 4 is 44.8 Å². The molecule has 6 heterocycles. The maximum absolute atomic E-state index is 14.4. The van der Waals surface area contributed by atoms with Crippen LogP contribution in [0.3, 0.4) is 0 Å². The number of nitrogens with two attached hydrogens (primary N) is 6. The molecule has 28 nitrogen and oxygen atoms in total. The summed E-state index contributed by atoms with van der Waals surface area (Å²) in [5.74, 6) is -2.04. The summed E-state index contributed by atoms with van der Waals surface area (Å²) in [4.78, 5) is 45.6. The first-order valence-corrected chi connectivity index (χ1v) is 26.4. The van der Waals surface area contributed by atoms with Gasteiger partial charge in [-0.25, -0.2) is 28.1 Å². The Bertz CT molecular complexity index is 2750. The van der Waals surface area contributed by atoms with Crippen LogP contribution >= 0.6 is 0 Å². The number of aliphatic hydroxyl groups excluding tert-OH is 3. The largest absolute Gasteiger partial charge is 0.487 e. The number of anilines is 1. The van der Waals surface area contributed by atoms with Gasteiger partial charge in [0.15, 0.2) is 35.9 Å². The topological polar surface area (TPSA) is 445 Å². The van der Waals surface area contributed by atoms with Crippen molar-refractivity contribution in [1.29, 1.82) is 0 Å². The van der Waals surface area contributed by atoms with Crippen LogP contribution in [-0.4, -0.2) is 184 Å². The van der Waals surface area contributed by atoms with E-state index in [4.69, 9.17) is 62.8 Å². The molecule has 4 aliphatic heterocycles. The summed E-state index contributed by atoms with van der Waals surface area (Å²) in [5, 5.41) is 41.1.